The number of hydrogen-bond donors (Lipinski definition) is 2. The highest BCUT2D eigenvalue weighted by atomic mass is 16.4. The lowest BCUT2D eigenvalue weighted by molar-refractivity contribution is 0.0688. The van der Waals surface area contributed by atoms with Crippen LogP contribution in [-0.2, 0) is 0 Å². The Morgan fingerprint density at radius 3 is 2.45 bits per heavy atom. The number of hydrogen-bond acceptors (Lipinski definition) is 4. The van der Waals surface area contributed by atoms with E-state index in [9.17, 15) is 9.59 Å². The molecule has 20 heavy (non-hydrogen) atoms. The third kappa shape index (κ3) is 3.12. The minimum absolute atomic E-state index is 0.146. The van der Waals surface area contributed by atoms with E-state index in [1.165, 1.54) is 12.6 Å². The van der Waals surface area contributed by atoms with E-state index in [1.807, 2.05) is 0 Å². The van der Waals surface area contributed by atoms with E-state index < -0.39 is 5.97 Å². The molecule has 0 aromatic carbocycles. The molecule has 1 fully saturated rings. The van der Waals surface area contributed by atoms with Gasteiger partial charge in [0.25, 0.3) is 5.91 Å². The average Bonchev–Trinajstić information content (AvgIpc) is 2.44. The van der Waals surface area contributed by atoms with Gasteiger partial charge in [0.2, 0.25) is 0 Å². The summed E-state index contributed by atoms with van der Waals surface area (Å²) in [5.41, 5.74) is -0.0124. The molecule has 0 bridgehead atoms. The minimum atomic E-state index is -1.15. The van der Waals surface area contributed by atoms with Gasteiger partial charge in [0, 0.05) is 6.04 Å². The van der Waals surface area contributed by atoms with E-state index in [0.717, 1.165) is 19.0 Å². The van der Waals surface area contributed by atoms with E-state index in [-0.39, 0.29) is 23.3 Å². The maximum atomic E-state index is 12.1. The Bertz CT molecular complexity index is 501. The SMILES string of the molecule is CC1CCCC(NC(=O)c2cnc(C(=O)O)cn2)C1C. The fourth-order valence-electron chi connectivity index (χ4n) is 2.58. The highest BCUT2D eigenvalue weighted by Gasteiger charge is 2.28. The van der Waals surface area contributed by atoms with Crippen molar-refractivity contribution in [2.45, 2.75) is 39.2 Å². The Morgan fingerprint density at radius 1 is 1.20 bits per heavy atom. The second-order valence-corrected chi connectivity index (χ2v) is 5.44. The van der Waals surface area contributed by atoms with Crippen molar-refractivity contribution in [2.75, 3.05) is 0 Å². The third-order valence-electron chi connectivity index (χ3n) is 4.13. The summed E-state index contributed by atoms with van der Waals surface area (Å²) in [6.45, 7) is 4.35. The summed E-state index contributed by atoms with van der Waals surface area (Å²) in [6.07, 6.45) is 5.58. The number of nitrogens with one attached hydrogen (secondary N) is 1. The van der Waals surface area contributed by atoms with Gasteiger partial charge in [-0.15, -0.1) is 0 Å². The first-order chi connectivity index (χ1) is 9.49. The largest absolute Gasteiger partial charge is 0.476 e. The van der Waals surface area contributed by atoms with Crippen LogP contribution in [0.5, 0.6) is 0 Å². The van der Waals surface area contributed by atoms with E-state index in [1.54, 1.807) is 0 Å². The van der Waals surface area contributed by atoms with E-state index in [4.69, 9.17) is 5.11 Å². The molecule has 108 valence electrons. The van der Waals surface area contributed by atoms with Crippen molar-refractivity contribution in [3.8, 4) is 0 Å². The van der Waals surface area contributed by atoms with Crippen LogP contribution < -0.4 is 5.32 Å². The Hall–Kier alpha value is -1.98. The molecule has 0 aliphatic heterocycles. The normalized spacial score (nSPS) is 26.0. The Labute approximate surface area is 117 Å². The molecule has 0 saturated heterocycles. The van der Waals surface area contributed by atoms with Gasteiger partial charge < -0.3 is 10.4 Å². The van der Waals surface area contributed by atoms with Crippen LogP contribution in [0.25, 0.3) is 0 Å². The van der Waals surface area contributed by atoms with Crippen LogP contribution in [0.2, 0.25) is 0 Å². The Balaban J connectivity index is 2.02. The molecule has 0 spiro atoms. The topological polar surface area (TPSA) is 92.2 Å². The lowest BCUT2D eigenvalue weighted by atomic mass is 9.78. The zero-order valence-corrected chi connectivity index (χ0v) is 11.7. The molecule has 1 saturated carbocycles. The number of carbonyl (C=O) groups is 2. The molecule has 1 aromatic heterocycles. The standard InChI is InChI=1S/C14H19N3O3/c1-8-4-3-5-10(9(8)2)17-13(18)11-6-16-12(7-15-11)14(19)20/h6-10H,3-5H2,1-2H3,(H,17,18)(H,19,20). The molecule has 3 atom stereocenters. The molecule has 2 rings (SSSR count). The molecule has 2 N–H and O–H groups in total. The summed E-state index contributed by atoms with van der Waals surface area (Å²) in [6, 6.07) is 0.146. The Morgan fingerprint density at radius 2 is 1.85 bits per heavy atom. The van der Waals surface area contributed by atoms with Gasteiger partial charge in [-0.2, -0.15) is 0 Å². The molecule has 1 heterocycles. The summed E-state index contributed by atoms with van der Waals surface area (Å²) in [5, 5.41) is 11.7. The average molecular weight is 277 g/mol. The zero-order chi connectivity index (χ0) is 14.7. The van der Waals surface area contributed by atoms with Crippen molar-refractivity contribution < 1.29 is 14.7 Å². The lowest BCUT2D eigenvalue weighted by Crippen LogP contribution is -2.44. The van der Waals surface area contributed by atoms with Gasteiger partial charge in [-0.1, -0.05) is 26.7 Å². The van der Waals surface area contributed by atoms with Crippen molar-refractivity contribution in [3.63, 3.8) is 0 Å². The van der Waals surface area contributed by atoms with Gasteiger partial charge in [-0.3, -0.25) is 4.79 Å². The van der Waals surface area contributed by atoms with Crippen molar-refractivity contribution >= 4 is 11.9 Å². The van der Waals surface area contributed by atoms with Crippen molar-refractivity contribution in [1.29, 1.82) is 0 Å². The lowest BCUT2D eigenvalue weighted by Gasteiger charge is -2.34. The molecular formula is C14H19N3O3. The first-order valence-corrected chi connectivity index (χ1v) is 6.85. The van der Waals surface area contributed by atoms with Gasteiger partial charge in [-0.05, 0) is 18.3 Å². The molecule has 1 aromatic rings. The first kappa shape index (κ1) is 14.4. The molecule has 6 heteroatoms. The van der Waals surface area contributed by atoms with Gasteiger partial charge in [-0.25, -0.2) is 14.8 Å². The van der Waals surface area contributed by atoms with Crippen LogP contribution >= 0.6 is 0 Å². The summed E-state index contributed by atoms with van der Waals surface area (Å²) in [5.74, 6) is -0.423. The van der Waals surface area contributed by atoms with Crippen molar-refractivity contribution in [3.05, 3.63) is 23.8 Å². The summed E-state index contributed by atoms with van der Waals surface area (Å²) >= 11 is 0. The highest BCUT2D eigenvalue weighted by Crippen LogP contribution is 2.29. The Kier molecular flexibility index (Phi) is 4.32. The third-order valence-corrected chi connectivity index (χ3v) is 4.13. The number of aromatic carboxylic acids is 1. The monoisotopic (exact) mass is 277 g/mol. The molecule has 6 nitrogen and oxygen atoms in total. The quantitative estimate of drug-likeness (QED) is 0.877. The van der Waals surface area contributed by atoms with Crippen LogP contribution in [0.4, 0.5) is 0 Å². The van der Waals surface area contributed by atoms with Crippen LogP contribution in [0, 0.1) is 11.8 Å². The molecule has 3 unspecified atom stereocenters. The van der Waals surface area contributed by atoms with Gasteiger partial charge in [0.15, 0.2) is 5.69 Å². The van der Waals surface area contributed by atoms with Gasteiger partial charge in [0.1, 0.15) is 5.69 Å². The predicted molar refractivity (Wildman–Crippen MR) is 72.4 cm³/mol. The molecule has 1 aliphatic rings. The minimum Gasteiger partial charge on any atom is -0.476 e. The number of nitrogens with zero attached hydrogens (tertiary/aromatic N) is 2. The number of carboxylic acids is 1. The maximum absolute atomic E-state index is 12.1. The van der Waals surface area contributed by atoms with E-state index in [0.29, 0.717) is 11.8 Å². The molecule has 1 amide bonds. The van der Waals surface area contributed by atoms with Gasteiger partial charge in [0.05, 0.1) is 12.4 Å². The van der Waals surface area contributed by atoms with Crippen LogP contribution in [0.3, 0.4) is 0 Å². The molecular weight excluding hydrogens is 258 g/mol. The molecule has 1 aliphatic carbocycles. The van der Waals surface area contributed by atoms with Gasteiger partial charge >= 0.3 is 5.97 Å². The fourth-order valence-corrected chi connectivity index (χ4v) is 2.58. The van der Waals surface area contributed by atoms with Crippen LogP contribution in [0.15, 0.2) is 12.4 Å². The number of rotatable bonds is 3. The number of carboxylic acid groups (broad SMARTS) is 1. The summed E-state index contributed by atoms with van der Waals surface area (Å²) in [7, 11) is 0. The smallest absolute Gasteiger partial charge is 0.356 e. The number of carbonyl (C=O) groups excluding carboxylic acids is 1. The van der Waals surface area contributed by atoms with Crippen molar-refractivity contribution in [1.82, 2.24) is 15.3 Å². The maximum Gasteiger partial charge on any atom is 0.356 e. The number of aromatic nitrogens is 2. The van der Waals surface area contributed by atoms with Crippen LogP contribution in [-0.4, -0.2) is 33.0 Å². The van der Waals surface area contributed by atoms with E-state index in [2.05, 4.69) is 29.1 Å². The second kappa shape index (κ2) is 5.98. The number of amides is 1. The molecule has 0 radical (unpaired) electrons. The zero-order valence-electron chi connectivity index (χ0n) is 11.7. The summed E-state index contributed by atoms with van der Waals surface area (Å²) in [4.78, 5) is 30.3. The second-order valence-electron chi connectivity index (χ2n) is 5.44. The summed E-state index contributed by atoms with van der Waals surface area (Å²) < 4.78 is 0. The first-order valence-electron chi connectivity index (χ1n) is 6.85. The predicted octanol–water partition coefficient (Wildman–Crippen LogP) is 1.73. The van der Waals surface area contributed by atoms with Crippen molar-refractivity contribution in [2.24, 2.45) is 11.8 Å². The van der Waals surface area contributed by atoms with E-state index >= 15 is 0 Å². The fraction of sp³-hybridized carbons (Fsp3) is 0.571. The highest BCUT2D eigenvalue weighted by molar-refractivity contribution is 5.92. The van der Waals surface area contributed by atoms with Crippen LogP contribution in [0.1, 0.15) is 54.1 Å².